The second-order valence-electron chi connectivity index (χ2n) is 5.42. The number of nitrogens with one attached hydrogen (secondary N) is 1. The minimum atomic E-state index is -2.83. The minimum absolute atomic E-state index is 0.249. The van der Waals surface area contributed by atoms with Gasteiger partial charge < -0.3 is 5.32 Å². The molecule has 1 aliphatic rings. The number of rotatable bonds is 5. The molecule has 0 saturated carbocycles. The van der Waals surface area contributed by atoms with Gasteiger partial charge in [-0.3, -0.25) is 0 Å². The molecule has 0 saturated heterocycles. The third-order valence-corrected chi connectivity index (χ3v) is 5.57. The highest BCUT2D eigenvalue weighted by atomic mass is 32.2. The quantitative estimate of drug-likeness (QED) is 0.902. The first-order valence-electron chi connectivity index (χ1n) is 7.09. The van der Waals surface area contributed by atoms with Gasteiger partial charge in [0.2, 0.25) is 0 Å². The van der Waals surface area contributed by atoms with Crippen LogP contribution in [0.2, 0.25) is 0 Å². The zero-order chi connectivity index (χ0) is 13.9. The van der Waals surface area contributed by atoms with Gasteiger partial charge in [-0.05, 0) is 49.8 Å². The number of sulfone groups is 1. The van der Waals surface area contributed by atoms with Crippen LogP contribution in [0.15, 0.2) is 18.2 Å². The van der Waals surface area contributed by atoms with Crippen molar-refractivity contribution in [1.29, 1.82) is 0 Å². The van der Waals surface area contributed by atoms with E-state index in [1.54, 1.807) is 6.92 Å². The smallest absolute Gasteiger partial charge is 0.150 e. The highest BCUT2D eigenvalue weighted by Crippen LogP contribution is 2.26. The lowest BCUT2D eigenvalue weighted by Crippen LogP contribution is -2.21. The van der Waals surface area contributed by atoms with E-state index in [1.807, 2.05) is 0 Å². The Bertz CT molecular complexity index is 537. The Morgan fingerprint density at radius 1 is 1.37 bits per heavy atom. The predicted molar refractivity (Wildman–Crippen MR) is 80.5 cm³/mol. The van der Waals surface area contributed by atoms with E-state index >= 15 is 0 Å². The molecule has 1 aromatic rings. The topological polar surface area (TPSA) is 46.2 Å². The second-order valence-corrected chi connectivity index (χ2v) is 7.89. The summed E-state index contributed by atoms with van der Waals surface area (Å²) < 4.78 is 22.9. The lowest BCUT2D eigenvalue weighted by Gasteiger charge is -2.24. The summed E-state index contributed by atoms with van der Waals surface area (Å²) in [4.78, 5) is 0. The maximum atomic E-state index is 11.4. The first kappa shape index (κ1) is 14.4. The van der Waals surface area contributed by atoms with Gasteiger partial charge in [0.1, 0.15) is 9.84 Å². The van der Waals surface area contributed by atoms with Crippen LogP contribution in [0.3, 0.4) is 0 Å². The number of hydrogen-bond donors (Lipinski definition) is 1. The fraction of sp³-hybridized carbons (Fsp3) is 0.600. The minimum Gasteiger partial charge on any atom is -0.382 e. The van der Waals surface area contributed by atoms with E-state index in [1.165, 1.54) is 23.2 Å². The predicted octanol–water partition coefficient (Wildman–Crippen LogP) is 2.80. The Morgan fingerprint density at radius 3 is 2.89 bits per heavy atom. The molecular formula is C15H23NO2S. The zero-order valence-electron chi connectivity index (χ0n) is 11.8. The molecule has 1 atom stereocenters. The van der Waals surface area contributed by atoms with E-state index in [4.69, 9.17) is 0 Å². The average molecular weight is 281 g/mol. The van der Waals surface area contributed by atoms with E-state index < -0.39 is 9.84 Å². The average Bonchev–Trinajstić information content (AvgIpc) is 2.39. The first-order chi connectivity index (χ1) is 9.00. The Kier molecular flexibility index (Phi) is 4.50. The molecule has 0 bridgehead atoms. The van der Waals surface area contributed by atoms with Crippen LogP contribution in [-0.4, -0.2) is 26.0 Å². The molecule has 0 spiro atoms. The van der Waals surface area contributed by atoms with Gasteiger partial charge in [-0.25, -0.2) is 8.42 Å². The summed E-state index contributed by atoms with van der Waals surface area (Å²) in [7, 11) is -2.83. The van der Waals surface area contributed by atoms with E-state index in [-0.39, 0.29) is 5.75 Å². The summed E-state index contributed by atoms with van der Waals surface area (Å²) in [6, 6.07) is 7.03. The van der Waals surface area contributed by atoms with E-state index in [9.17, 15) is 8.42 Å². The standard InChI is InChI=1S/C15H23NO2S/c1-3-19(17,18)10-4-5-13-7-9-15-14(11-13)8-6-12(2)16-15/h7,9,11-12,16H,3-6,8,10H2,1-2H3. The van der Waals surface area contributed by atoms with Crippen LogP contribution in [-0.2, 0) is 22.7 Å². The van der Waals surface area contributed by atoms with Crippen molar-refractivity contribution >= 4 is 15.5 Å². The molecule has 0 radical (unpaired) electrons. The molecule has 0 aromatic heterocycles. The molecule has 2 rings (SSSR count). The van der Waals surface area contributed by atoms with Crippen molar-refractivity contribution in [2.45, 2.75) is 45.6 Å². The number of hydrogen-bond acceptors (Lipinski definition) is 3. The first-order valence-corrected chi connectivity index (χ1v) is 8.91. The summed E-state index contributed by atoms with van der Waals surface area (Å²) in [5.74, 6) is 0.550. The highest BCUT2D eigenvalue weighted by Gasteiger charge is 2.14. The van der Waals surface area contributed by atoms with Crippen molar-refractivity contribution in [2.75, 3.05) is 16.8 Å². The Hall–Kier alpha value is -1.03. The molecule has 4 heteroatoms. The van der Waals surface area contributed by atoms with Gasteiger partial charge in [-0.1, -0.05) is 19.1 Å². The zero-order valence-corrected chi connectivity index (χ0v) is 12.6. The lowest BCUT2D eigenvalue weighted by molar-refractivity contribution is 0.594. The summed E-state index contributed by atoms with van der Waals surface area (Å²) >= 11 is 0. The molecule has 19 heavy (non-hydrogen) atoms. The maximum absolute atomic E-state index is 11.4. The van der Waals surface area contributed by atoms with Crippen LogP contribution in [0.4, 0.5) is 5.69 Å². The number of benzene rings is 1. The molecule has 1 unspecified atom stereocenters. The van der Waals surface area contributed by atoms with Gasteiger partial charge in [0, 0.05) is 17.5 Å². The van der Waals surface area contributed by atoms with Crippen LogP contribution in [0, 0.1) is 0 Å². The molecule has 0 fully saturated rings. The van der Waals surface area contributed by atoms with Crippen molar-refractivity contribution < 1.29 is 8.42 Å². The maximum Gasteiger partial charge on any atom is 0.150 e. The molecule has 106 valence electrons. The monoisotopic (exact) mass is 281 g/mol. The fourth-order valence-electron chi connectivity index (χ4n) is 2.50. The normalized spacial score (nSPS) is 18.7. The molecule has 1 N–H and O–H groups in total. The van der Waals surface area contributed by atoms with E-state index in [0.717, 1.165) is 19.3 Å². The van der Waals surface area contributed by atoms with Gasteiger partial charge >= 0.3 is 0 Å². The van der Waals surface area contributed by atoms with Gasteiger partial charge in [0.25, 0.3) is 0 Å². The molecule has 1 heterocycles. The summed E-state index contributed by atoms with van der Waals surface area (Å²) in [6.07, 6.45) is 3.85. The SMILES string of the molecule is CCS(=O)(=O)CCCc1ccc2c(c1)CCC(C)N2. The second kappa shape index (κ2) is 5.95. The molecular weight excluding hydrogens is 258 g/mol. The molecule has 0 amide bonds. The van der Waals surface area contributed by atoms with Crippen molar-refractivity contribution in [3.05, 3.63) is 29.3 Å². The van der Waals surface area contributed by atoms with Crippen molar-refractivity contribution in [2.24, 2.45) is 0 Å². The Balaban J connectivity index is 1.96. The lowest BCUT2D eigenvalue weighted by atomic mass is 9.96. The highest BCUT2D eigenvalue weighted by molar-refractivity contribution is 7.91. The third-order valence-electron chi connectivity index (χ3n) is 3.78. The van der Waals surface area contributed by atoms with Gasteiger partial charge in [0.05, 0.1) is 5.75 Å². The third kappa shape index (κ3) is 3.96. The van der Waals surface area contributed by atoms with E-state index in [0.29, 0.717) is 11.8 Å². The number of fused-ring (bicyclic) bond motifs is 1. The fourth-order valence-corrected chi connectivity index (χ4v) is 3.37. The largest absolute Gasteiger partial charge is 0.382 e. The Morgan fingerprint density at radius 2 is 2.16 bits per heavy atom. The summed E-state index contributed by atoms with van der Waals surface area (Å²) in [6.45, 7) is 3.91. The van der Waals surface area contributed by atoms with Gasteiger partial charge in [-0.15, -0.1) is 0 Å². The van der Waals surface area contributed by atoms with Gasteiger partial charge in [0.15, 0.2) is 0 Å². The van der Waals surface area contributed by atoms with Gasteiger partial charge in [-0.2, -0.15) is 0 Å². The van der Waals surface area contributed by atoms with Crippen molar-refractivity contribution in [3.63, 3.8) is 0 Å². The van der Waals surface area contributed by atoms with Crippen LogP contribution < -0.4 is 5.32 Å². The number of aryl methyl sites for hydroxylation is 2. The van der Waals surface area contributed by atoms with Crippen LogP contribution in [0.5, 0.6) is 0 Å². The molecule has 3 nitrogen and oxygen atoms in total. The molecule has 1 aliphatic heterocycles. The van der Waals surface area contributed by atoms with Crippen molar-refractivity contribution in [3.8, 4) is 0 Å². The Labute approximate surface area is 116 Å². The molecule has 1 aromatic carbocycles. The summed E-state index contributed by atoms with van der Waals surface area (Å²) in [5, 5.41) is 3.48. The number of anilines is 1. The van der Waals surface area contributed by atoms with Crippen molar-refractivity contribution in [1.82, 2.24) is 0 Å². The van der Waals surface area contributed by atoms with E-state index in [2.05, 4.69) is 30.4 Å². The van der Waals surface area contributed by atoms with Crippen LogP contribution in [0.1, 0.15) is 37.8 Å². The van der Waals surface area contributed by atoms with Crippen LogP contribution >= 0.6 is 0 Å². The molecule has 0 aliphatic carbocycles. The summed E-state index contributed by atoms with van der Waals surface area (Å²) in [5.41, 5.74) is 3.86. The van der Waals surface area contributed by atoms with Crippen LogP contribution in [0.25, 0.3) is 0 Å².